The highest BCUT2D eigenvalue weighted by Gasteiger charge is 2.16. The Balaban J connectivity index is 1.73. The molecule has 4 N–H and O–H groups in total. The Kier molecular flexibility index (Phi) is 7.15. The highest BCUT2D eigenvalue weighted by molar-refractivity contribution is 6.31. The number of nitrogens with zero attached hydrogens (tertiary/aromatic N) is 3. The van der Waals surface area contributed by atoms with E-state index in [0.29, 0.717) is 35.0 Å². The highest BCUT2D eigenvalue weighted by atomic mass is 35.5. The van der Waals surface area contributed by atoms with Gasteiger partial charge in [-0.2, -0.15) is 0 Å². The van der Waals surface area contributed by atoms with Gasteiger partial charge in [-0.25, -0.2) is 19.4 Å². The maximum atomic E-state index is 13.3. The molecule has 1 aromatic carbocycles. The van der Waals surface area contributed by atoms with Crippen LogP contribution in [0.5, 0.6) is 0 Å². The normalized spacial score (nSPS) is 17.2. The SMILES string of the molecule is C=C(/N=C\C(=C(/N)NCC1CCCO1)c1cncnc1)Nc1ccc(F)c(Cl)c1. The molecular weight excluding hydrogens is 395 g/mol. The van der Waals surface area contributed by atoms with E-state index in [1.54, 1.807) is 24.7 Å². The Hall–Kier alpha value is -2.97. The van der Waals surface area contributed by atoms with Gasteiger partial charge >= 0.3 is 0 Å². The Morgan fingerprint density at radius 2 is 2.21 bits per heavy atom. The molecule has 0 bridgehead atoms. The number of aromatic nitrogens is 2. The van der Waals surface area contributed by atoms with Crippen LogP contribution in [0.4, 0.5) is 10.1 Å². The van der Waals surface area contributed by atoms with Crippen LogP contribution in [0.25, 0.3) is 5.57 Å². The van der Waals surface area contributed by atoms with Gasteiger partial charge in [-0.3, -0.25) is 0 Å². The van der Waals surface area contributed by atoms with E-state index in [-0.39, 0.29) is 11.1 Å². The second-order valence-electron chi connectivity index (χ2n) is 6.43. The molecule has 0 aliphatic carbocycles. The average Bonchev–Trinajstić information content (AvgIpc) is 3.24. The lowest BCUT2D eigenvalue weighted by molar-refractivity contribution is 0.112. The standard InChI is InChI=1S/C20H22ClFN6O/c1-13(28-15-4-5-19(22)18(21)7-15)26-11-17(14-8-24-12-25-9-14)20(23)27-10-16-3-2-6-29-16/h4-5,7-9,11-12,16,27-28H,1-3,6,10,23H2/b20-17-,26-11-. The van der Waals surface area contributed by atoms with Crippen LogP contribution >= 0.6 is 11.6 Å². The number of halogens is 2. The first-order chi connectivity index (χ1) is 14.0. The summed E-state index contributed by atoms with van der Waals surface area (Å²) in [4.78, 5) is 12.4. The lowest BCUT2D eigenvalue weighted by atomic mass is 10.1. The second kappa shape index (κ2) is 9.99. The van der Waals surface area contributed by atoms with Crippen LogP contribution in [0.2, 0.25) is 5.02 Å². The number of anilines is 1. The van der Waals surface area contributed by atoms with Gasteiger partial charge in [-0.15, -0.1) is 0 Å². The van der Waals surface area contributed by atoms with Gasteiger partial charge in [0, 0.05) is 48.6 Å². The molecule has 0 saturated carbocycles. The van der Waals surface area contributed by atoms with Gasteiger partial charge in [-0.05, 0) is 31.0 Å². The molecular formula is C20H22ClFN6O. The van der Waals surface area contributed by atoms with Gasteiger partial charge in [-0.1, -0.05) is 18.2 Å². The summed E-state index contributed by atoms with van der Waals surface area (Å²) in [5.41, 5.74) is 8.14. The van der Waals surface area contributed by atoms with Crippen molar-refractivity contribution >= 4 is 29.1 Å². The van der Waals surface area contributed by atoms with E-state index in [9.17, 15) is 4.39 Å². The summed E-state index contributed by atoms with van der Waals surface area (Å²) in [5, 5.41) is 6.15. The van der Waals surface area contributed by atoms with Gasteiger partial charge in [0.1, 0.15) is 23.8 Å². The number of rotatable bonds is 8. The molecule has 1 fully saturated rings. The number of allylic oxidation sites excluding steroid dienone is 1. The Morgan fingerprint density at radius 3 is 2.90 bits per heavy atom. The highest BCUT2D eigenvalue weighted by Crippen LogP contribution is 2.21. The number of hydrogen-bond donors (Lipinski definition) is 3. The zero-order chi connectivity index (χ0) is 20.6. The van der Waals surface area contributed by atoms with Crippen molar-refractivity contribution in [3.63, 3.8) is 0 Å². The second-order valence-corrected chi connectivity index (χ2v) is 6.84. The fraction of sp³-hybridized carbons (Fsp3) is 0.250. The molecule has 9 heteroatoms. The Bertz CT molecular complexity index is 912. The minimum atomic E-state index is -0.495. The summed E-state index contributed by atoms with van der Waals surface area (Å²) in [7, 11) is 0. The predicted octanol–water partition coefficient (Wildman–Crippen LogP) is 3.32. The number of aliphatic imine (C=N–C) groups is 1. The minimum absolute atomic E-state index is 0.0105. The fourth-order valence-electron chi connectivity index (χ4n) is 2.78. The van der Waals surface area contributed by atoms with Crippen molar-refractivity contribution in [3.8, 4) is 0 Å². The van der Waals surface area contributed by atoms with Crippen molar-refractivity contribution in [2.45, 2.75) is 18.9 Å². The van der Waals surface area contributed by atoms with E-state index < -0.39 is 5.82 Å². The van der Waals surface area contributed by atoms with Crippen molar-refractivity contribution < 1.29 is 9.13 Å². The molecule has 29 heavy (non-hydrogen) atoms. The van der Waals surface area contributed by atoms with Gasteiger partial charge in [0.2, 0.25) is 0 Å². The molecule has 3 rings (SSSR count). The van der Waals surface area contributed by atoms with Crippen molar-refractivity contribution in [3.05, 3.63) is 71.5 Å². The summed E-state index contributed by atoms with van der Waals surface area (Å²) in [6.45, 7) is 5.23. The maximum Gasteiger partial charge on any atom is 0.141 e. The van der Waals surface area contributed by atoms with E-state index in [1.165, 1.54) is 18.5 Å². The average molecular weight is 417 g/mol. The summed E-state index contributed by atoms with van der Waals surface area (Å²) < 4.78 is 18.9. The number of hydrogen-bond acceptors (Lipinski definition) is 7. The predicted molar refractivity (Wildman–Crippen MR) is 113 cm³/mol. The Labute approximate surface area is 173 Å². The van der Waals surface area contributed by atoms with E-state index in [2.05, 4.69) is 32.2 Å². The zero-order valence-electron chi connectivity index (χ0n) is 15.7. The minimum Gasteiger partial charge on any atom is -0.385 e. The van der Waals surface area contributed by atoms with Gasteiger partial charge in [0.25, 0.3) is 0 Å². The molecule has 0 amide bonds. The topological polar surface area (TPSA) is 97.5 Å². The van der Waals surface area contributed by atoms with Crippen molar-refractivity contribution in [1.29, 1.82) is 0 Å². The Morgan fingerprint density at radius 1 is 1.41 bits per heavy atom. The molecule has 1 saturated heterocycles. The molecule has 1 aromatic heterocycles. The molecule has 7 nitrogen and oxygen atoms in total. The molecule has 1 atom stereocenters. The first-order valence-corrected chi connectivity index (χ1v) is 9.46. The monoisotopic (exact) mass is 416 g/mol. The third-order valence-electron chi connectivity index (χ3n) is 4.26. The third kappa shape index (κ3) is 6.00. The molecule has 1 aliphatic heterocycles. The van der Waals surface area contributed by atoms with Crippen molar-refractivity contribution in [2.24, 2.45) is 10.7 Å². The van der Waals surface area contributed by atoms with Crippen LogP contribution in [0.15, 0.2) is 60.1 Å². The molecule has 0 radical (unpaired) electrons. The summed E-state index contributed by atoms with van der Waals surface area (Å²) >= 11 is 5.80. The van der Waals surface area contributed by atoms with E-state index >= 15 is 0 Å². The number of nitrogens with one attached hydrogen (secondary N) is 2. The van der Waals surface area contributed by atoms with Gasteiger partial charge in [0.05, 0.1) is 11.1 Å². The van der Waals surface area contributed by atoms with E-state index in [1.807, 2.05) is 0 Å². The largest absolute Gasteiger partial charge is 0.385 e. The first kappa shape index (κ1) is 20.8. The van der Waals surface area contributed by atoms with Crippen LogP contribution in [0.3, 0.4) is 0 Å². The van der Waals surface area contributed by atoms with Crippen LogP contribution in [0.1, 0.15) is 18.4 Å². The maximum absolute atomic E-state index is 13.3. The summed E-state index contributed by atoms with van der Waals surface area (Å²) in [6, 6.07) is 4.26. The van der Waals surface area contributed by atoms with Crippen molar-refractivity contribution in [1.82, 2.24) is 15.3 Å². The number of benzene rings is 1. The molecule has 2 aromatic rings. The molecule has 0 spiro atoms. The third-order valence-corrected chi connectivity index (χ3v) is 4.55. The van der Waals surface area contributed by atoms with Crippen LogP contribution in [0, 0.1) is 5.82 Å². The zero-order valence-corrected chi connectivity index (χ0v) is 16.5. The summed E-state index contributed by atoms with van der Waals surface area (Å²) in [6.07, 6.45) is 8.48. The first-order valence-electron chi connectivity index (χ1n) is 9.08. The fourth-order valence-corrected chi connectivity index (χ4v) is 2.96. The van der Waals surface area contributed by atoms with Crippen LogP contribution < -0.4 is 16.4 Å². The van der Waals surface area contributed by atoms with Crippen LogP contribution in [-0.4, -0.2) is 35.4 Å². The quantitative estimate of drug-likeness (QED) is 0.571. The molecule has 1 unspecified atom stereocenters. The molecule has 152 valence electrons. The molecule has 2 heterocycles. The number of ether oxygens (including phenoxy) is 1. The van der Waals surface area contributed by atoms with E-state index in [0.717, 1.165) is 19.4 Å². The van der Waals surface area contributed by atoms with Crippen molar-refractivity contribution in [2.75, 3.05) is 18.5 Å². The lowest BCUT2D eigenvalue weighted by Crippen LogP contribution is -2.30. The van der Waals surface area contributed by atoms with Crippen LogP contribution in [-0.2, 0) is 4.74 Å². The van der Waals surface area contributed by atoms with E-state index in [4.69, 9.17) is 22.1 Å². The lowest BCUT2D eigenvalue weighted by Gasteiger charge is -2.14. The van der Waals surface area contributed by atoms with Gasteiger partial charge in [0.15, 0.2) is 0 Å². The number of nitrogens with two attached hydrogens (primary N) is 1. The smallest absolute Gasteiger partial charge is 0.141 e. The van der Waals surface area contributed by atoms with Gasteiger partial charge < -0.3 is 21.1 Å². The summed E-state index contributed by atoms with van der Waals surface area (Å²) in [5.74, 6) is 0.261. The molecule has 1 aliphatic rings.